The van der Waals surface area contributed by atoms with E-state index in [0.29, 0.717) is 6.61 Å². The Hall–Kier alpha value is -0.200. The molecular weight excluding hydrogens is 198 g/mol. The van der Waals surface area contributed by atoms with E-state index in [1.165, 1.54) is 4.90 Å². The van der Waals surface area contributed by atoms with Gasteiger partial charge in [-0.15, -0.1) is 0 Å². The summed E-state index contributed by atoms with van der Waals surface area (Å²) in [5.74, 6) is 0. The van der Waals surface area contributed by atoms with Crippen molar-refractivity contribution in [2.75, 3.05) is 33.2 Å². The summed E-state index contributed by atoms with van der Waals surface area (Å²) >= 11 is 0. The SMILES string of the molecule is CCCCCOCC(O)CN(CO)CO. The monoisotopic (exact) mass is 221 g/mol. The summed E-state index contributed by atoms with van der Waals surface area (Å²) in [6, 6.07) is 0. The second-order valence-electron chi connectivity index (χ2n) is 3.57. The highest BCUT2D eigenvalue weighted by molar-refractivity contribution is 4.58. The van der Waals surface area contributed by atoms with E-state index >= 15 is 0 Å². The largest absolute Gasteiger partial charge is 0.389 e. The first-order chi connectivity index (χ1) is 7.24. The van der Waals surface area contributed by atoms with Crippen LogP contribution in [0.2, 0.25) is 0 Å². The van der Waals surface area contributed by atoms with E-state index in [4.69, 9.17) is 14.9 Å². The van der Waals surface area contributed by atoms with Crippen LogP contribution in [0.4, 0.5) is 0 Å². The Bertz CT molecular complexity index is 131. The molecule has 0 aromatic carbocycles. The van der Waals surface area contributed by atoms with Crippen LogP contribution in [-0.2, 0) is 4.74 Å². The van der Waals surface area contributed by atoms with Gasteiger partial charge in [-0.3, -0.25) is 4.90 Å². The van der Waals surface area contributed by atoms with Crippen molar-refractivity contribution in [3.63, 3.8) is 0 Å². The smallest absolute Gasteiger partial charge is 0.0975 e. The molecule has 0 aromatic heterocycles. The van der Waals surface area contributed by atoms with Gasteiger partial charge in [0.25, 0.3) is 0 Å². The lowest BCUT2D eigenvalue weighted by molar-refractivity contribution is -0.0304. The molecule has 0 fully saturated rings. The van der Waals surface area contributed by atoms with Gasteiger partial charge >= 0.3 is 0 Å². The van der Waals surface area contributed by atoms with E-state index in [1.54, 1.807) is 0 Å². The van der Waals surface area contributed by atoms with Gasteiger partial charge in [-0.05, 0) is 6.42 Å². The molecule has 0 bridgehead atoms. The molecule has 15 heavy (non-hydrogen) atoms. The molecule has 0 aliphatic heterocycles. The molecule has 0 aromatic rings. The fourth-order valence-electron chi connectivity index (χ4n) is 1.18. The van der Waals surface area contributed by atoms with E-state index in [9.17, 15) is 5.11 Å². The van der Waals surface area contributed by atoms with Crippen LogP contribution in [0, 0.1) is 0 Å². The predicted molar refractivity (Wildman–Crippen MR) is 57.2 cm³/mol. The van der Waals surface area contributed by atoms with Crippen LogP contribution in [0.15, 0.2) is 0 Å². The Morgan fingerprint density at radius 2 is 1.87 bits per heavy atom. The highest BCUT2D eigenvalue weighted by atomic mass is 16.5. The van der Waals surface area contributed by atoms with Crippen molar-refractivity contribution in [3.8, 4) is 0 Å². The van der Waals surface area contributed by atoms with Gasteiger partial charge in [0.05, 0.1) is 26.2 Å². The standard InChI is InChI=1S/C10H23NO4/c1-2-3-4-5-15-7-10(14)6-11(8-12)9-13/h10,12-14H,2-9H2,1H3. The lowest BCUT2D eigenvalue weighted by atomic mass is 10.3. The minimum Gasteiger partial charge on any atom is -0.389 e. The molecule has 0 amide bonds. The van der Waals surface area contributed by atoms with Gasteiger partial charge in [0.15, 0.2) is 0 Å². The lowest BCUT2D eigenvalue weighted by Crippen LogP contribution is -2.36. The van der Waals surface area contributed by atoms with Gasteiger partial charge in [-0.25, -0.2) is 0 Å². The Labute approximate surface area is 91.3 Å². The molecular formula is C10H23NO4. The summed E-state index contributed by atoms with van der Waals surface area (Å²) in [6.07, 6.45) is 2.63. The van der Waals surface area contributed by atoms with Gasteiger partial charge in [0.2, 0.25) is 0 Å². The second kappa shape index (κ2) is 10.3. The molecule has 0 spiro atoms. The summed E-state index contributed by atoms with van der Waals surface area (Å²) in [7, 11) is 0. The number of aliphatic hydroxyl groups excluding tert-OH is 3. The number of aliphatic hydroxyl groups is 3. The number of rotatable bonds is 10. The number of ether oxygens (including phenoxy) is 1. The average Bonchev–Trinajstić information content (AvgIpc) is 2.25. The van der Waals surface area contributed by atoms with Crippen molar-refractivity contribution in [1.82, 2.24) is 4.90 Å². The van der Waals surface area contributed by atoms with Crippen LogP contribution in [0.3, 0.4) is 0 Å². The van der Waals surface area contributed by atoms with E-state index in [-0.39, 0.29) is 26.6 Å². The molecule has 0 radical (unpaired) electrons. The van der Waals surface area contributed by atoms with Gasteiger partial charge in [-0.2, -0.15) is 0 Å². The zero-order valence-corrected chi connectivity index (χ0v) is 9.43. The topological polar surface area (TPSA) is 73.2 Å². The third kappa shape index (κ3) is 8.77. The van der Waals surface area contributed by atoms with Gasteiger partial charge < -0.3 is 20.1 Å². The first kappa shape index (κ1) is 14.8. The molecule has 5 heteroatoms. The quantitative estimate of drug-likeness (QED) is 0.350. The zero-order valence-electron chi connectivity index (χ0n) is 9.43. The summed E-state index contributed by atoms with van der Waals surface area (Å²) in [4.78, 5) is 1.32. The van der Waals surface area contributed by atoms with Crippen molar-refractivity contribution in [3.05, 3.63) is 0 Å². The molecule has 0 rings (SSSR count). The van der Waals surface area contributed by atoms with Crippen molar-refractivity contribution in [2.24, 2.45) is 0 Å². The molecule has 0 saturated carbocycles. The third-order valence-corrected chi connectivity index (χ3v) is 2.07. The van der Waals surface area contributed by atoms with Crippen molar-refractivity contribution < 1.29 is 20.1 Å². The molecule has 0 aliphatic carbocycles. The van der Waals surface area contributed by atoms with Gasteiger partial charge in [0, 0.05) is 13.2 Å². The van der Waals surface area contributed by atoms with Crippen LogP contribution in [0.5, 0.6) is 0 Å². The molecule has 1 unspecified atom stereocenters. The fraction of sp³-hybridized carbons (Fsp3) is 1.00. The Morgan fingerprint density at radius 3 is 2.40 bits per heavy atom. The van der Waals surface area contributed by atoms with Crippen molar-refractivity contribution in [1.29, 1.82) is 0 Å². The predicted octanol–water partition coefficient (Wildman–Crippen LogP) is -0.244. The molecule has 0 heterocycles. The molecule has 92 valence electrons. The molecule has 0 saturated heterocycles. The molecule has 0 aliphatic rings. The number of hydrogen-bond acceptors (Lipinski definition) is 5. The third-order valence-electron chi connectivity index (χ3n) is 2.07. The number of unbranched alkanes of at least 4 members (excludes halogenated alkanes) is 2. The highest BCUT2D eigenvalue weighted by Crippen LogP contribution is 1.96. The van der Waals surface area contributed by atoms with Gasteiger partial charge in [-0.1, -0.05) is 19.8 Å². The molecule has 5 nitrogen and oxygen atoms in total. The zero-order chi connectivity index (χ0) is 11.5. The maximum absolute atomic E-state index is 9.45. The number of hydrogen-bond donors (Lipinski definition) is 3. The van der Waals surface area contributed by atoms with E-state index in [0.717, 1.165) is 19.3 Å². The van der Waals surface area contributed by atoms with E-state index in [1.807, 2.05) is 0 Å². The van der Waals surface area contributed by atoms with E-state index in [2.05, 4.69) is 6.92 Å². The summed E-state index contributed by atoms with van der Waals surface area (Å²) in [5.41, 5.74) is 0. The molecule has 3 N–H and O–H groups in total. The fourth-order valence-corrected chi connectivity index (χ4v) is 1.18. The highest BCUT2D eigenvalue weighted by Gasteiger charge is 2.09. The minimum atomic E-state index is -0.661. The van der Waals surface area contributed by atoms with E-state index < -0.39 is 6.10 Å². The van der Waals surface area contributed by atoms with Crippen molar-refractivity contribution >= 4 is 0 Å². The van der Waals surface area contributed by atoms with Crippen LogP contribution in [-0.4, -0.2) is 59.5 Å². The second-order valence-corrected chi connectivity index (χ2v) is 3.57. The van der Waals surface area contributed by atoms with Crippen molar-refractivity contribution in [2.45, 2.75) is 32.3 Å². The maximum Gasteiger partial charge on any atom is 0.0975 e. The van der Waals surface area contributed by atoms with Crippen LogP contribution in [0.25, 0.3) is 0 Å². The summed E-state index contributed by atoms with van der Waals surface area (Å²) in [6.45, 7) is 2.73. The summed E-state index contributed by atoms with van der Waals surface area (Å²) in [5, 5.41) is 26.9. The summed E-state index contributed by atoms with van der Waals surface area (Å²) < 4.78 is 5.25. The molecule has 1 atom stereocenters. The van der Waals surface area contributed by atoms with Crippen LogP contribution >= 0.6 is 0 Å². The number of nitrogens with zero attached hydrogens (tertiary/aromatic N) is 1. The first-order valence-electron chi connectivity index (χ1n) is 5.44. The maximum atomic E-state index is 9.45. The minimum absolute atomic E-state index is 0.223. The van der Waals surface area contributed by atoms with Crippen LogP contribution in [0.1, 0.15) is 26.2 Å². The first-order valence-corrected chi connectivity index (χ1v) is 5.44. The lowest BCUT2D eigenvalue weighted by Gasteiger charge is -2.20. The normalized spacial score (nSPS) is 13.4. The Morgan fingerprint density at radius 1 is 1.20 bits per heavy atom. The van der Waals surface area contributed by atoms with Gasteiger partial charge in [0.1, 0.15) is 0 Å². The Balaban J connectivity index is 3.35. The Kier molecular flexibility index (Phi) is 10.2. The van der Waals surface area contributed by atoms with Crippen LogP contribution < -0.4 is 0 Å². The average molecular weight is 221 g/mol.